The van der Waals surface area contributed by atoms with Crippen LogP contribution in [0.2, 0.25) is 0 Å². The van der Waals surface area contributed by atoms with Crippen LogP contribution < -0.4 is 0 Å². The second-order valence-corrected chi connectivity index (χ2v) is 12.8. The van der Waals surface area contributed by atoms with Crippen LogP contribution in [0, 0.1) is 68.5 Å². The van der Waals surface area contributed by atoms with Crippen molar-refractivity contribution in [2.24, 2.45) is 45.8 Å². The second-order valence-electron chi connectivity index (χ2n) is 12.8. The Kier molecular flexibility index (Phi) is 5.47. The highest BCUT2D eigenvalue weighted by atomic mass is 16.5. The Hall–Kier alpha value is -1.81. The van der Waals surface area contributed by atoms with Gasteiger partial charge in [0.15, 0.2) is 0 Å². The van der Waals surface area contributed by atoms with Gasteiger partial charge < -0.3 is 4.74 Å². The van der Waals surface area contributed by atoms with E-state index in [4.69, 9.17) is 10.00 Å². The molecule has 4 heteroatoms. The van der Waals surface area contributed by atoms with Crippen LogP contribution in [0.3, 0.4) is 0 Å². The summed E-state index contributed by atoms with van der Waals surface area (Å²) in [6.07, 6.45) is 10.5. The summed E-state index contributed by atoms with van der Waals surface area (Å²) in [7, 11) is 0. The lowest BCUT2D eigenvalue weighted by Gasteiger charge is -2.62. The van der Waals surface area contributed by atoms with Crippen LogP contribution >= 0.6 is 0 Å². The number of carbonyl (C=O) groups excluding carboxylic acids is 1. The van der Waals surface area contributed by atoms with E-state index in [9.17, 15) is 10.1 Å². The fraction of sp³-hybridized carbons (Fsp3) is 0.828. The Morgan fingerprint density at radius 3 is 2.67 bits per heavy atom. The van der Waals surface area contributed by atoms with Crippen LogP contribution in [0.25, 0.3) is 0 Å². The lowest BCUT2D eigenvalue weighted by molar-refractivity contribution is -0.152. The summed E-state index contributed by atoms with van der Waals surface area (Å²) in [5.74, 6) is 4.33. The summed E-state index contributed by atoms with van der Waals surface area (Å²) in [5, 5.41) is 19.2. The number of carbonyl (C=O) groups is 1. The van der Waals surface area contributed by atoms with Gasteiger partial charge in [0.2, 0.25) is 0 Å². The van der Waals surface area contributed by atoms with Crippen molar-refractivity contribution in [2.75, 3.05) is 0 Å². The van der Waals surface area contributed by atoms with Gasteiger partial charge >= 0.3 is 0 Å². The van der Waals surface area contributed by atoms with Crippen LogP contribution in [0.1, 0.15) is 98.3 Å². The van der Waals surface area contributed by atoms with E-state index < -0.39 is 5.41 Å². The molecule has 178 valence electrons. The Bertz CT molecular complexity index is 956. The molecule has 5 aliphatic rings. The van der Waals surface area contributed by atoms with Gasteiger partial charge in [0.25, 0.3) is 0 Å². The zero-order chi connectivity index (χ0) is 23.6. The number of rotatable bonds is 4. The first-order chi connectivity index (χ1) is 15.7. The second kappa shape index (κ2) is 7.86. The molecule has 0 radical (unpaired) electrons. The summed E-state index contributed by atoms with van der Waals surface area (Å²) in [4.78, 5) is 12.4. The number of nitriles is 2. The molecule has 0 saturated heterocycles. The Balaban J connectivity index is 1.38. The van der Waals surface area contributed by atoms with Crippen LogP contribution in [0.5, 0.6) is 0 Å². The van der Waals surface area contributed by atoms with Gasteiger partial charge in [-0.15, -0.1) is 0 Å². The van der Waals surface area contributed by atoms with Crippen LogP contribution in [-0.4, -0.2) is 11.9 Å². The predicted molar refractivity (Wildman–Crippen MR) is 126 cm³/mol. The van der Waals surface area contributed by atoms with Gasteiger partial charge in [-0.2, -0.15) is 10.5 Å². The number of ketones is 1. The van der Waals surface area contributed by atoms with Crippen molar-refractivity contribution in [3.8, 4) is 12.1 Å². The van der Waals surface area contributed by atoms with Crippen molar-refractivity contribution in [1.29, 1.82) is 10.5 Å². The third-order valence-corrected chi connectivity index (χ3v) is 11.4. The number of nitrogens with zero attached hydrogens (tertiary/aromatic N) is 2. The van der Waals surface area contributed by atoms with Crippen molar-refractivity contribution >= 4 is 5.78 Å². The summed E-state index contributed by atoms with van der Waals surface area (Å²) < 4.78 is 6.65. The van der Waals surface area contributed by atoms with E-state index in [0.29, 0.717) is 60.7 Å². The maximum Gasteiger partial charge on any atom is 0.134 e. The molecule has 0 aromatic heterocycles. The molecule has 5 rings (SSSR count). The Morgan fingerprint density at radius 1 is 1.15 bits per heavy atom. The van der Waals surface area contributed by atoms with Gasteiger partial charge in [-0.05, 0) is 91.9 Å². The third kappa shape index (κ3) is 3.16. The SMILES string of the molecule is CC1=C(CC[C@@H](C)CC#N)O[C@H]2C[C@H]3[C@@H]4CC[C@@]5(C#N)CC(=O)CC[C@]5(C)[C@H]4CC[C@]3(C)[C@@H]12. The van der Waals surface area contributed by atoms with E-state index in [0.717, 1.165) is 38.5 Å². The molecule has 9 atom stereocenters. The molecule has 0 aromatic rings. The van der Waals surface area contributed by atoms with E-state index in [1.807, 2.05) is 0 Å². The van der Waals surface area contributed by atoms with E-state index in [2.05, 4.69) is 39.8 Å². The quantitative estimate of drug-likeness (QED) is 0.478. The maximum absolute atomic E-state index is 12.4. The molecule has 0 amide bonds. The minimum absolute atomic E-state index is 0.0224. The van der Waals surface area contributed by atoms with Gasteiger partial charge in [0.05, 0.1) is 23.3 Å². The van der Waals surface area contributed by atoms with Crippen molar-refractivity contribution in [1.82, 2.24) is 0 Å². The van der Waals surface area contributed by atoms with Crippen molar-refractivity contribution < 1.29 is 9.53 Å². The number of allylic oxidation sites excluding steroid dienone is 1. The van der Waals surface area contributed by atoms with Gasteiger partial charge in [0, 0.05) is 31.6 Å². The molecule has 4 aliphatic carbocycles. The number of hydrogen-bond acceptors (Lipinski definition) is 4. The molecule has 0 bridgehead atoms. The first-order valence-corrected chi connectivity index (χ1v) is 13.4. The van der Waals surface area contributed by atoms with Crippen LogP contribution in [-0.2, 0) is 9.53 Å². The fourth-order valence-corrected chi connectivity index (χ4v) is 9.52. The first-order valence-electron chi connectivity index (χ1n) is 13.4. The Labute approximate surface area is 199 Å². The van der Waals surface area contributed by atoms with Crippen molar-refractivity contribution in [2.45, 2.75) is 104 Å². The topological polar surface area (TPSA) is 73.9 Å². The van der Waals surface area contributed by atoms with Gasteiger partial charge in [-0.1, -0.05) is 20.8 Å². The molecule has 0 unspecified atom stereocenters. The molecular formula is C29H40N2O2. The standard InChI is InChI=1S/C29H40N2O2/c1-18(10-14-30)5-6-24-19(2)26-25(33-24)15-23-21-8-13-29(17-31)16-20(32)7-12-28(29,4)22(21)9-11-27(23,26)3/h18,21-23,25-26H,5-13,15-16H2,1-4H3/t18-,21-,22+,23+,25+,26+,27+,28-,29+/m1/s1. The summed E-state index contributed by atoms with van der Waals surface area (Å²) in [5.41, 5.74) is 1.30. The molecule has 4 saturated carbocycles. The zero-order valence-electron chi connectivity index (χ0n) is 21.0. The van der Waals surface area contributed by atoms with Crippen molar-refractivity contribution in [3.63, 3.8) is 0 Å². The molecular weight excluding hydrogens is 408 g/mol. The zero-order valence-corrected chi connectivity index (χ0v) is 21.0. The molecule has 0 spiro atoms. The largest absolute Gasteiger partial charge is 0.494 e. The summed E-state index contributed by atoms with van der Waals surface area (Å²) in [6.45, 7) is 9.37. The molecule has 0 N–H and O–H groups in total. The van der Waals surface area contributed by atoms with E-state index in [-0.39, 0.29) is 10.8 Å². The third-order valence-electron chi connectivity index (χ3n) is 11.4. The number of fused-ring (bicyclic) bond motifs is 7. The minimum atomic E-state index is -0.439. The van der Waals surface area contributed by atoms with Gasteiger partial charge in [0.1, 0.15) is 11.9 Å². The van der Waals surface area contributed by atoms with Gasteiger partial charge in [-0.25, -0.2) is 0 Å². The molecule has 4 fully saturated rings. The molecule has 33 heavy (non-hydrogen) atoms. The smallest absolute Gasteiger partial charge is 0.134 e. The van der Waals surface area contributed by atoms with Crippen LogP contribution in [0.4, 0.5) is 0 Å². The Morgan fingerprint density at radius 2 is 1.94 bits per heavy atom. The molecule has 4 nitrogen and oxygen atoms in total. The normalized spacial score (nSPS) is 46.8. The minimum Gasteiger partial charge on any atom is -0.494 e. The average Bonchev–Trinajstić information content (AvgIpc) is 3.26. The van der Waals surface area contributed by atoms with E-state index in [1.54, 1.807) is 0 Å². The van der Waals surface area contributed by atoms with Crippen LogP contribution in [0.15, 0.2) is 11.3 Å². The number of hydrogen-bond donors (Lipinski definition) is 0. The highest BCUT2D eigenvalue weighted by Crippen LogP contribution is 2.72. The highest BCUT2D eigenvalue weighted by Gasteiger charge is 2.67. The molecule has 0 aromatic carbocycles. The highest BCUT2D eigenvalue weighted by molar-refractivity contribution is 5.81. The molecule has 1 aliphatic heterocycles. The lowest BCUT2D eigenvalue weighted by atomic mass is 9.40. The first kappa shape index (κ1) is 23.0. The summed E-state index contributed by atoms with van der Waals surface area (Å²) in [6, 6.07) is 5.00. The van der Waals surface area contributed by atoms with E-state index >= 15 is 0 Å². The maximum atomic E-state index is 12.4. The summed E-state index contributed by atoms with van der Waals surface area (Å²) >= 11 is 0. The van der Waals surface area contributed by atoms with Crippen molar-refractivity contribution in [3.05, 3.63) is 11.3 Å². The number of ether oxygens (including phenoxy) is 1. The number of Topliss-reactive ketones (excluding diaryl/α,β-unsaturated/α-hetero) is 1. The average molecular weight is 449 g/mol. The van der Waals surface area contributed by atoms with E-state index in [1.165, 1.54) is 24.2 Å². The molecule has 1 heterocycles. The lowest BCUT2D eigenvalue weighted by Crippen LogP contribution is -2.58. The fourth-order valence-electron chi connectivity index (χ4n) is 9.52. The predicted octanol–water partition coefficient (Wildman–Crippen LogP) is 6.72. The monoisotopic (exact) mass is 448 g/mol. The van der Waals surface area contributed by atoms with Gasteiger partial charge in [-0.3, -0.25) is 4.79 Å².